The second-order valence-electron chi connectivity index (χ2n) is 7.68. The van der Waals surface area contributed by atoms with Crippen molar-refractivity contribution in [1.29, 1.82) is 0 Å². The molecule has 2 atom stereocenters. The molecule has 26 heavy (non-hydrogen) atoms. The van der Waals surface area contributed by atoms with E-state index in [-0.39, 0.29) is 24.5 Å². The Morgan fingerprint density at radius 1 is 1.23 bits per heavy atom. The molecule has 1 amide bonds. The van der Waals surface area contributed by atoms with E-state index in [0.29, 0.717) is 12.5 Å². The third kappa shape index (κ3) is 3.39. The summed E-state index contributed by atoms with van der Waals surface area (Å²) < 4.78 is 1.66. The van der Waals surface area contributed by atoms with Crippen LogP contribution in [0.1, 0.15) is 12.0 Å². The maximum absolute atomic E-state index is 12.7. The van der Waals surface area contributed by atoms with Gasteiger partial charge >= 0.3 is 0 Å². The van der Waals surface area contributed by atoms with Gasteiger partial charge in [-0.25, -0.2) is 0 Å². The van der Waals surface area contributed by atoms with Crippen LogP contribution in [0.5, 0.6) is 0 Å². The number of hydrogen-bond donors (Lipinski definition) is 1. The molecule has 0 radical (unpaired) electrons. The van der Waals surface area contributed by atoms with Crippen molar-refractivity contribution >= 4 is 5.91 Å². The number of likely N-dealkylation sites (tertiary alicyclic amines) is 2. The third-order valence-electron chi connectivity index (χ3n) is 5.91. The molecule has 2 saturated heterocycles. The maximum atomic E-state index is 12.7. The number of amides is 1. The molecule has 3 heterocycles. The number of rotatable bonds is 5. The van der Waals surface area contributed by atoms with Gasteiger partial charge in [0.25, 0.3) is 0 Å². The normalized spacial score (nSPS) is 26.0. The SMILES string of the molecule is O=C(Cn1cccn1)N1CC[C@H]2CN(Cc3ccccc3)C[C@@]2(CO)C1. The van der Waals surface area contributed by atoms with Gasteiger partial charge in [0, 0.05) is 50.5 Å². The first-order valence-corrected chi connectivity index (χ1v) is 9.31. The highest BCUT2D eigenvalue weighted by Crippen LogP contribution is 2.42. The van der Waals surface area contributed by atoms with Crippen molar-refractivity contribution in [1.82, 2.24) is 19.6 Å². The van der Waals surface area contributed by atoms with Crippen LogP contribution in [-0.2, 0) is 17.9 Å². The Kier molecular flexibility index (Phi) is 4.78. The fourth-order valence-corrected chi connectivity index (χ4v) is 4.53. The van der Waals surface area contributed by atoms with Gasteiger partial charge in [-0.15, -0.1) is 0 Å². The van der Waals surface area contributed by atoms with Gasteiger partial charge in [0.1, 0.15) is 6.54 Å². The van der Waals surface area contributed by atoms with E-state index in [0.717, 1.165) is 32.6 Å². The van der Waals surface area contributed by atoms with Gasteiger partial charge in [-0.1, -0.05) is 30.3 Å². The van der Waals surface area contributed by atoms with Gasteiger partial charge in [0.05, 0.1) is 6.61 Å². The molecule has 1 aromatic heterocycles. The summed E-state index contributed by atoms with van der Waals surface area (Å²) in [5.41, 5.74) is 1.10. The first-order chi connectivity index (χ1) is 12.7. The Balaban J connectivity index is 1.42. The number of aliphatic hydroxyl groups is 1. The highest BCUT2D eigenvalue weighted by Gasteiger charge is 2.49. The summed E-state index contributed by atoms with van der Waals surface area (Å²) in [5, 5.41) is 14.3. The number of carbonyl (C=O) groups excluding carboxylic acids is 1. The highest BCUT2D eigenvalue weighted by molar-refractivity contribution is 5.76. The predicted molar refractivity (Wildman–Crippen MR) is 98.2 cm³/mol. The molecule has 6 heteroatoms. The summed E-state index contributed by atoms with van der Waals surface area (Å²) in [7, 11) is 0. The minimum Gasteiger partial charge on any atom is -0.396 e. The minimum absolute atomic E-state index is 0.0847. The van der Waals surface area contributed by atoms with E-state index < -0.39 is 0 Å². The zero-order valence-electron chi connectivity index (χ0n) is 15.0. The van der Waals surface area contributed by atoms with Gasteiger partial charge in [0.15, 0.2) is 0 Å². The fourth-order valence-electron chi connectivity index (χ4n) is 4.53. The summed E-state index contributed by atoms with van der Waals surface area (Å²) in [5.74, 6) is 0.534. The van der Waals surface area contributed by atoms with Crippen LogP contribution < -0.4 is 0 Å². The van der Waals surface area contributed by atoms with E-state index >= 15 is 0 Å². The van der Waals surface area contributed by atoms with Crippen molar-refractivity contribution in [2.75, 3.05) is 32.8 Å². The third-order valence-corrected chi connectivity index (χ3v) is 5.91. The van der Waals surface area contributed by atoms with Gasteiger partial charge in [-0.05, 0) is 24.0 Å². The molecular weight excluding hydrogens is 328 g/mol. The largest absolute Gasteiger partial charge is 0.396 e. The molecular formula is C20H26N4O2. The topological polar surface area (TPSA) is 61.6 Å². The molecule has 4 rings (SSSR count). The van der Waals surface area contributed by atoms with Crippen LogP contribution in [0, 0.1) is 11.3 Å². The molecule has 138 valence electrons. The van der Waals surface area contributed by atoms with Gasteiger partial charge in [0.2, 0.25) is 5.91 Å². The minimum atomic E-state index is -0.202. The number of hydrogen-bond acceptors (Lipinski definition) is 4. The van der Waals surface area contributed by atoms with Gasteiger partial charge < -0.3 is 10.0 Å². The lowest BCUT2D eigenvalue weighted by Gasteiger charge is -2.43. The number of aromatic nitrogens is 2. The summed E-state index contributed by atoms with van der Waals surface area (Å²) in [6.45, 7) is 4.55. The van der Waals surface area contributed by atoms with E-state index in [1.807, 2.05) is 23.2 Å². The summed E-state index contributed by atoms with van der Waals surface area (Å²) >= 11 is 0. The molecule has 0 unspecified atom stereocenters. The van der Waals surface area contributed by atoms with Crippen molar-refractivity contribution in [3.05, 3.63) is 54.4 Å². The quantitative estimate of drug-likeness (QED) is 0.877. The van der Waals surface area contributed by atoms with Crippen LogP contribution in [0.15, 0.2) is 48.8 Å². The molecule has 0 bridgehead atoms. The zero-order chi connectivity index (χ0) is 18.0. The molecule has 1 aromatic carbocycles. The molecule has 2 aliphatic heterocycles. The van der Waals surface area contributed by atoms with E-state index in [4.69, 9.17) is 0 Å². The summed E-state index contributed by atoms with van der Waals surface area (Å²) in [4.78, 5) is 17.0. The Morgan fingerprint density at radius 2 is 2.08 bits per heavy atom. The van der Waals surface area contributed by atoms with Crippen LogP contribution in [-0.4, -0.2) is 63.4 Å². The number of piperidine rings is 1. The van der Waals surface area contributed by atoms with Crippen LogP contribution in [0.25, 0.3) is 0 Å². The zero-order valence-corrected chi connectivity index (χ0v) is 15.0. The fraction of sp³-hybridized carbons (Fsp3) is 0.500. The Bertz CT molecular complexity index is 734. The number of fused-ring (bicyclic) bond motifs is 1. The second-order valence-corrected chi connectivity index (χ2v) is 7.68. The van der Waals surface area contributed by atoms with Crippen LogP contribution in [0.4, 0.5) is 0 Å². The number of aliphatic hydroxyl groups excluding tert-OH is 1. The molecule has 2 fully saturated rings. The average molecular weight is 354 g/mol. The van der Waals surface area contributed by atoms with E-state index in [1.54, 1.807) is 10.9 Å². The first-order valence-electron chi connectivity index (χ1n) is 9.31. The summed E-state index contributed by atoms with van der Waals surface area (Å²) in [6, 6.07) is 12.3. The lowest BCUT2D eigenvalue weighted by atomic mass is 9.74. The average Bonchev–Trinajstić information content (AvgIpc) is 3.29. The van der Waals surface area contributed by atoms with Crippen LogP contribution in [0.3, 0.4) is 0 Å². The molecule has 2 aliphatic rings. The summed E-state index contributed by atoms with van der Waals surface area (Å²) in [6.07, 6.45) is 4.45. The monoisotopic (exact) mass is 354 g/mol. The van der Waals surface area contributed by atoms with Crippen molar-refractivity contribution in [3.8, 4) is 0 Å². The second kappa shape index (κ2) is 7.21. The van der Waals surface area contributed by atoms with E-state index in [2.05, 4.69) is 34.3 Å². The lowest BCUT2D eigenvalue weighted by Crippen LogP contribution is -2.53. The Morgan fingerprint density at radius 3 is 2.81 bits per heavy atom. The molecule has 0 aliphatic carbocycles. The van der Waals surface area contributed by atoms with Crippen molar-refractivity contribution in [2.45, 2.75) is 19.5 Å². The standard InChI is InChI=1S/C20H26N4O2/c25-16-20-14-22(11-17-5-2-1-3-6-17)12-18(20)7-10-23(15-20)19(26)13-24-9-4-8-21-24/h1-6,8-9,18,25H,7,10-16H2/t18-,20-/m0/s1. The lowest BCUT2D eigenvalue weighted by molar-refractivity contribution is -0.137. The maximum Gasteiger partial charge on any atom is 0.244 e. The van der Waals surface area contributed by atoms with Crippen molar-refractivity contribution < 1.29 is 9.90 Å². The van der Waals surface area contributed by atoms with Crippen LogP contribution >= 0.6 is 0 Å². The molecule has 1 N–H and O–H groups in total. The Labute approximate surface area is 154 Å². The molecule has 6 nitrogen and oxygen atoms in total. The van der Waals surface area contributed by atoms with E-state index in [9.17, 15) is 9.90 Å². The smallest absolute Gasteiger partial charge is 0.244 e. The molecule has 0 saturated carbocycles. The number of carbonyl (C=O) groups is 1. The van der Waals surface area contributed by atoms with Crippen molar-refractivity contribution in [3.63, 3.8) is 0 Å². The molecule has 0 spiro atoms. The highest BCUT2D eigenvalue weighted by atomic mass is 16.3. The van der Waals surface area contributed by atoms with Crippen LogP contribution in [0.2, 0.25) is 0 Å². The number of benzene rings is 1. The Hall–Kier alpha value is -2.18. The first kappa shape index (κ1) is 17.2. The van der Waals surface area contributed by atoms with Gasteiger partial charge in [-0.3, -0.25) is 14.4 Å². The van der Waals surface area contributed by atoms with Gasteiger partial charge in [-0.2, -0.15) is 5.10 Å². The predicted octanol–water partition coefficient (Wildman–Crippen LogP) is 1.23. The van der Waals surface area contributed by atoms with Crippen molar-refractivity contribution in [2.24, 2.45) is 11.3 Å². The number of nitrogens with zero attached hydrogens (tertiary/aromatic N) is 4. The molecule has 2 aromatic rings. The van der Waals surface area contributed by atoms with E-state index in [1.165, 1.54) is 5.56 Å².